The van der Waals surface area contributed by atoms with Crippen molar-refractivity contribution < 1.29 is 13.9 Å². The van der Waals surface area contributed by atoms with Crippen molar-refractivity contribution in [2.24, 2.45) is 0 Å². The summed E-state index contributed by atoms with van der Waals surface area (Å²) in [6.07, 6.45) is 2.11. The Morgan fingerprint density at radius 2 is 1.79 bits per heavy atom. The van der Waals surface area contributed by atoms with E-state index in [2.05, 4.69) is 0 Å². The number of ether oxygens (including phenoxy) is 1. The average molecular weight is 256 g/mol. The van der Waals surface area contributed by atoms with Crippen molar-refractivity contribution in [3.05, 3.63) is 71.6 Å². The van der Waals surface area contributed by atoms with Gasteiger partial charge in [0, 0.05) is 0 Å². The monoisotopic (exact) mass is 256 g/mol. The smallest absolute Gasteiger partial charge is 0.143 e. The number of hydrogen-bond acceptors (Lipinski definition) is 2. The second-order valence-electron chi connectivity index (χ2n) is 3.96. The lowest BCUT2D eigenvalue weighted by Gasteiger charge is -2.09. The largest absolute Gasteiger partial charge is 0.497 e. The molecule has 2 rings (SSSR count). The molecule has 0 atom stereocenters. The molecule has 3 heteroatoms. The van der Waals surface area contributed by atoms with Crippen LogP contribution in [-0.4, -0.2) is 13.4 Å². The highest BCUT2D eigenvalue weighted by Gasteiger charge is 2.07. The first-order valence-electron chi connectivity index (χ1n) is 5.80. The number of allylic oxidation sites excluding steroid dienone is 1. The Hall–Kier alpha value is -2.42. The van der Waals surface area contributed by atoms with Gasteiger partial charge in [-0.25, -0.2) is 4.39 Å². The minimum Gasteiger partial charge on any atom is -0.497 e. The second-order valence-corrected chi connectivity index (χ2v) is 3.96. The number of rotatable bonds is 4. The normalized spacial score (nSPS) is 11.2. The van der Waals surface area contributed by atoms with Crippen LogP contribution in [0.15, 0.2) is 54.6 Å². The van der Waals surface area contributed by atoms with Crippen LogP contribution in [0.3, 0.4) is 0 Å². The molecule has 0 saturated heterocycles. The lowest BCUT2D eigenvalue weighted by atomic mass is 9.97. The third kappa shape index (κ3) is 3.07. The molecule has 0 radical (unpaired) electrons. The number of carbonyl (C=O) groups excluding carboxylic acids is 1. The molecule has 0 saturated carbocycles. The van der Waals surface area contributed by atoms with Crippen LogP contribution in [0.4, 0.5) is 4.39 Å². The molecule has 19 heavy (non-hydrogen) atoms. The van der Waals surface area contributed by atoms with E-state index in [0.717, 1.165) is 5.56 Å². The van der Waals surface area contributed by atoms with Gasteiger partial charge in [0.05, 0.1) is 7.11 Å². The van der Waals surface area contributed by atoms with E-state index in [-0.39, 0.29) is 5.82 Å². The predicted octanol–water partition coefficient (Wildman–Crippen LogP) is 3.46. The average Bonchev–Trinajstić information content (AvgIpc) is 2.45. The minimum absolute atomic E-state index is 0.336. The number of halogens is 1. The minimum atomic E-state index is -0.336. The molecule has 2 nitrogen and oxygen atoms in total. The molecule has 0 amide bonds. The summed E-state index contributed by atoms with van der Waals surface area (Å²) in [5.41, 5.74) is 2.12. The van der Waals surface area contributed by atoms with Gasteiger partial charge in [-0.3, -0.25) is 4.79 Å². The fourth-order valence-corrected chi connectivity index (χ4v) is 1.87. The van der Waals surface area contributed by atoms with Crippen molar-refractivity contribution in [3.63, 3.8) is 0 Å². The van der Waals surface area contributed by atoms with E-state index >= 15 is 0 Å². The topological polar surface area (TPSA) is 26.3 Å². The maximum Gasteiger partial charge on any atom is 0.143 e. The zero-order valence-electron chi connectivity index (χ0n) is 10.5. The zero-order valence-corrected chi connectivity index (χ0v) is 10.5. The van der Waals surface area contributed by atoms with Crippen LogP contribution in [0.2, 0.25) is 0 Å². The first-order valence-corrected chi connectivity index (χ1v) is 5.80. The van der Waals surface area contributed by atoms with E-state index in [0.29, 0.717) is 23.2 Å². The third-order valence-electron chi connectivity index (χ3n) is 2.75. The Labute approximate surface area is 111 Å². The van der Waals surface area contributed by atoms with Gasteiger partial charge in [-0.2, -0.15) is 0 Å². The Balaban J connectivity index is 2.51. The summed E-state index contributed by atoms with van der Waals surface area (Å²) >= 11 is 0. The fourth-order valence-electron chi connectivity index (χ4n) is 1.87. The van der Waals surface area contributed by atoms with E-state index in [1.807, 2.05) is 18.2 Å². The molecule has 0 bridgehead atoms. The van der Waals surface area contributed by atoms with Crippen LogP contribution in [0.25, 0.3) is 5.57 Å². The van der Waals surface area contributed by atoms with Gasteiger partial charge in [-0.1, -0.05) is 24.3 Å². The van der Waals surface area contributed by atoms with Gasteiger partial charge in [0.25, 0.3) is 0 Å². The quantitative estimate of drug-likeness (QED) is 0.618. The van der Waals surface area contributed by atoms with Crippen LogP contribution in [0, 0.1) is 5.82 Å². The molecule has 2 aromatic rings. The maximum absolute atomic E-state index is 13.3. The van der Waals surface area contributed by atoms with Crippen LogP contribution >= 0.6 is 0 Å². The lowest BCUT2D eigenvalue weighted by Crippen LogP contribution is -1.91. The van der Waals surface area contributed by atoms with Gasteiger partial charge in [0.1, 0.15) is 17.9 Å². The van der Waals surface area contributed by atoms with Crippen molar-refractivity contribution in [3.8, 4) is 5.75 Å². The van der Waals surface area contributed by atoms with Crippen molar-refractivity contribution in [1.82, 2.24) is 0 Å². The molecule has 0 N–H and O–H groups in total. The van der Waals surface area contributed by atoms with Crippen LogP contribution in [0.1, 0.15) is 11.1 Å². The summed E-state index contributed by atoms with van der Waals surface area (Å²) in [6.45, 7) is 0. The highest BCUT2D eigenvalue weighted by Crippen LogP contribution is 2.26. The first-order chi connectivity index (χ1) is 9.24. The van der Waals surface area contributed by atoms with Gasteiger partial charge in [-0.05, 0) is 47.0 Å². The predicted molar refractivity (Wildman–Crippen MR) is 72.5 cm³/mol. The van der Waals surface area contributed by atoms with E-state index in [1.165, 1.54) is 18.2 Å². The summed E-state index contributed by atoms with van der Waals surface area (Å²) in [5.74, 6) is 0.350. The molecule has 0 unspecified atom stereocenters. The van der Waals surface area contributed by atoms with Crippen LogP contribution < -0.4 is 4.74 Å². The van der Waals surface area contributed by atoms with Gasteiger partial charge in [0.2, 0.25) is 0 Å². The van der Waals surface area contributed by atoms with E-state index in [4.69, 9.17) is 4.74 Å². The van der Waals surface area contributed by atoms with Crippen molar-refractivity contribution in [2.45, 2.75) is 0 Å². The molecule has 96 valence electrons. The number of aldehydes is 1. The van der Waals surface area contributed by atoms with Gasteiger partial charge in [0.15, 0.2) is 0 Å². The second kappa shape index (κ2) is 5.96. The molecule has 0 aliphatic carbocycles. The Morgan fingerprint density at radius 1 is 1.11 bits per heavy atom. The van der Waals surface area contributed by atoms with Gasteiger partial charge >= 0.3 is 0 Å². The standard InChI is InChI=1S/C16H13FO2/c1-19-15-7-3-5-13(11-15)16(8-9-18)12-4-2-6-14(17)10-12/h2-11H,1H3. The molecule has 0 fully saturated rings. The first kappa shape index (κ1) is 13.0. The number of carbonyl (C=O) groups is 1. The molecule has 0 spiro atoms. The van der Waals surface area contributed by atoms with E-state index in [9.17, 15) is 9.18 Å². The van der Waals surface area contributed by atoms with Crippen LogP contribution in [-0.2, 0) is 4.79 Å². The number of methoxy groups -OCH3 is 1. The molecule has 2 aromatic carbocycles. The summed E-state index contributed by atoms with van der Waals surface area (Å²) in [5, 5.41) is 0. The lowest BCUT2D eigenvalue weighted by molar-refractivity contribution is -0.104. The molecule has 0 aromatic heterocycles. The number of benzene rings is 2. The molecular formula is C16H13FO2. The van der Waals surface area contributed by atoms with Gasteiger partial charge < -0.3 is 4.74 Å². The summed E-state index contributed by atoms with van der Waals surface area (Å²) in [7, 11) is 1.57. The van der Waals surface area contributed by atoms with E-state index < -0.39 is 0 Å². The Bertz CT molecular complexity index is 618. The third-order valence-corrected chi connectivity index (χ3v) is 2.75. The zero-order chi connectivity index (χ0) is 13.7. The molecule has 0 heterocycles. The highest BCUT2D eigenvalue weighted by atomic mass is 19.1. The van der Waals surface area contributed by atoms with Crippen molar-refractivity contribution in [1.29, 1.82) is 0 Å². The number of hydrogen-bond donors (Lipinski definition) is 0. The van der Waals surface area contributed by atoms with Gasteiger partial charge in [-0.15, -0.1) is 0 Å². The Morgan fingerprint density at radius 3 is 2.42 bits per heavy atom. The molecular weight excluding hydrogens is 243 g/mol. The van der Waals surface area contributed by atoms with Crippen LogP contribution in [0.5, 0.6) is 5.75 Å². The molecule has 0 aliphatic heterocycles. The Kier molecular flexibility index (Phi) is 4.08. The summed E-state index contributed by atoms with van der Waals surface area (Å²) < 4.78 is 18.4. The van der Waals surface area contributed by atoms with Crippen molar-refractivity contribution >= 4 is 11.9 Å². The van der Waals surface area contributed by atoms with E-state index in [1.54, 1.807) is 25.3 Å². The highest BCUT2D eigenvalue weighted by molar-refractivity contribution is 5.89. The van der Waals surface area contributed by atoms with Crippen molar-refractivity contribution in [2.75, 3.05) is 7.11 Å². The summed E-state index contributed by atoms with van der Waals surface area (Å²) in [4.78, 5) is 10.8. The molecule has 0 aliphatic rings. The fraction of sp³-hybridized carbons (Fsp3) is 0.0625. The SMILES string of the molecule is COc1cccc(C(=CC=O)c2cccc(F)c2)c1. The maximum atomic E-state index is 13.3. The summed E-state index contributed by atoms with van der Waals surface area (Å²) in [6, 6.07) is 13.4.